The van der Waals surface area contributed by atoms with Crippen LogP contribution in [0.4, 0.5) is 5.95 Å². The minimum atomic E-state index is 0.0704. The number of aryl methyl sites for hydroxylation is 2. The van der Waals surface area contributed by atoms with Crippen molar-refractivity contribution in [2.24, 2.45) is 0 Å². The molecule has 1 N–H and O–H groups in total. The highest BCUT2D eigenvalue weighted by Gasteiger charge is 2.27. The molecule has 2 aromatic heterocycles. The van der Waals surface area contributed by atoms with E-state index in [0.717, 1.165) is 62.2 Å². The lowest BCUT2D eigenvalue weighted by Crippen LogP contribution is -2.34. The van der Waals surface area contributed by atoms with E-state index in [1.807, 2.05) is 18.5 Å². The lowest BCUT2D eigenvalue weighted by molar-refractivity contribution is 0.301. The smallest absolute Gasteiger partial charge is 0.267 e. The molecule has 0 amide bonds. The molecule has 0 aliphatic heterocycles. The van der Waals surface area contributed by atoms with Gasteiger partial charge in [-0.2, -0.15) is 5.10 Å². The van der Waals surface area contributed by atoms with Crippen molar-refractivity contribution in [2.75, 3.05) is 5.32 Å². The van der Waals surface area contributed by atoms with Crippen LogP contribution in [0.5, 0.6) is 0 Å². The molecule has 0 bridgehead atoms. The van der Waals surface area contributed by atoms with Crippen LogP contribution in [0.25, 0.3) is 0 Å². The van der Waals surface area contributed by atoms with E-state index in [4.69, 9.17) is 0 Å². The Bertz CT molecular complexity index is 847. The van der Waals surface area contributed by atoms with Crippen LogP contribution < -0.4 is 10.9 Å². The number of anilines is 1. The van der Waals surface area contributed by atoms with Gasteiger partial charge in [0, 0.05) is 24.5 Å². The molecule has 6 heteroatoms. The molecule has 0 aromatic carbocycles. The first kappa shape index (κ1) is 16.0. The molecule has 6 nitrogen and oxygen atoms in total. The van der Waals surface area contributed by atoms with Crippen LogP contribution in [0, 0.1) is 0 Å². The molecule has 5 rings (SSSR count). The average molecular weight is 351 g/mol. The van der Waals surface area contributed by atoms with E-state index in [-0.39, 0.29) is 11.6 Å². The molecule has 2 saturated carbocycles. The Labute approximate surface area is 153 Å². The van der Waals surface area contributed by atoms with E-state index in [1.54, 1.807) is 4.68 Å². The molecule has 0 radical (unpaired) electrons. The van der Waals surface area contributed by atoms with Crippen LogP contribution in [0.1, 0.15) is 73.7 Å². The number of hydrogen-bond donors (Lipinski definition) is 1. The van der Waals surface area contributed by atoms with Crippen LogP contribution in [0.3, 0.4) is 0 Å². The monoisotopic (exact) mass is 351 g/mol. The first-order valence-electron chi connectivity index (χ1n) is 9.96. The lowest BCUT2D eigenvalue weighted by Gasteiger charge is -2.29. The third kappa shape index (κ3) is 3.13. The fraction of sp³-hybridized carbons (Fsp3) is 0.600. The van der Waals surface area contributed by atoms with E-state index in [0.29, 0.717) is 12.0 Å². The number of nitrogens with zero attached hydrogens (tertiary/aromatic N) is 4. The molecule has 2 fully saturated rings. The quantitative estimate of drug-likeness (QED) is 0.917. The third-order valence-corrected chi connectivity index (χ3v) is 6.08. The predicted molar refractivity (Wildman–Crippen MR) is 99.4 cm³/mol. The Morgan fingerprint density at radius 2 is 1.77 bits per heavy atom. The highest BCUT2D eigenvalue weighted by atomic mass is 16.1. The molecule has 136 valence electrons. The Morgan fingerprint density at radius 3 is 2.50 bits per heavy atom. The Balaban J connectivity index is 1.21. The van der Waals surface area contributed by atoms with Gasteiger partial charge in [-0.1, -0.05) is 0 Å². The SMILES string of the molecule is O=c1cc2c(nn1C1CCC(Nc3ncc(C4CC4)cn3)CC1)CCC2. The molecule has 26 heavy (non-hydrogen) atoms. The van der Waals surface area contributed by atoms with Crippen molar-refractivity contribution in [3.63, 3.8) is 0 Å². The summed E-state index contributed by atoms with van der Waals surface area (Å²) in [5, 5.41) is 8.14. The fourth-order valence-corrected chi connectivity index (χ4v) is 4.36. The Hall–Kier alpha value is -2.24. The van der Waals surface area contributed by atoms with E-state index < -0.39 is 0 Å². The van der Waals surface area contributed by atoms with Gasteiger partial charge in [0.25, 0.3) is 5.56 Å². The van der Waals surface area contributed by atoms with Gasteiger partial charge in [0.1, 0.15) is 0 Å². The summed E-state index contributed by atoms with van der Waals surface area (Å²) in [6, 6.07) is 2.42. The van der Waals surface area contributed by atoms with Crippen LogP contribution >= 0.6 is 0 Å². The van der Waals surface area contributed by atoms with Crippen molar-refractivity contribution in [2.45, 2.75) is 75.8 Å². The third-order valence-electron chi connectivity index (χ3n) is 6.08. The molecule has 3 aliphatic rings. The van der Waals surface area contributed by atoms with E-state index in [2.05, 4.69) is 20.4 Å². The lowest BCUT2D eigenvalue weighted by atomic mass is 9.91. The zero-order valence-electron chi connectivity index (χ0n) is 15.0. The van der Waals surface area contributed by atoms with Gasteiger partial charge in [0.05, 0.1) is 11.7 Å². The van der Waals surface area contributed by atoms with Gasteiger partial charge < -0.3 is 5.32 Å². The highest BCUT2D eigenvalue weighted by Crippen LogP contribution is 2.39. The van der Waals surface area contributed by atoms with Gasteiger partial charge in [-0.3, -0.25) is 4.79 Å². The molecule has 2 heterocycles. The number of rotatable bonds is 4. The summed E-state index contributed by atoms with van der Waals surface area (Å²) in [5.41, 5.74) is 3.63. The van der Waals surface area contributed by atoms with Gasteiger partial charge in [-0.25, -0.2) is 14.6 Å². The second-order valence-electron chi connectivity index (χ2n) is 8.02. The van der Waals surface area contributed by atoms with Crippen molar-refractivity contribution < 1.29 is 0 Å². The number of aromatic nitrogens is 4. The second-order valence-corrected chi connectivity index (χ2v) is 8.02. The van der Waals surface area contributed by atoms with Gasteiger partial charge >= 0.3 is 0 Å². The average Bonchev–Trinajstić information content (AvgIpc) is 3.41. The van der Waals surface area contributed by atoms with Crippen LogP contribution in [0.2, 0.25) is 0 Å². The maximum Gasteiger partial charge on any atom is 0.267 e. The van der Waals surface area contributed by atoms with Crippen molar-refractivity contribution >= 4 is 5.95 Å². The molecule has 0 atom stereocenters. The second kappa shape index (κ2) is 6.49. The predicted octanol–water partition coefficient (Wildman–Crippen LogP) is 3.00. The first-order chi connectivity index (χ1) is 12.8. The van der Waals surface area contributed by atoms with Crippen molar-refractivity contribution in [1.29, 1.82) is 0 Å². The maximum absolute atomic E-state index is 12.4. The summed E-state index contributed by atoms with van der Waals surface area (Å²) in [6.45, 7) is 0. The molecule has 0 unspecified atom stereocenters. The van der Waals surface area contributed by atoms with Crippen molar-refractivity contribution in [1.82, 2.24) is 19.7 Å². The largest absolute Gasteiger partial charge is 0.351 e. The number of fused-ring (bicyclic) bond motifs is 1. The molecule has 0 spiro atoms. The number of nitrogens with one attached hydrogen (secondary N) is 1. The Morgan fingerprint density at radius 1 is 1.00 bits per heavy atom. The van der Waals surface area contributed by atoms with Gasteiger partial charge in [0.2, 0.25) is 5.95 Å². The van der Waals surface area contributed by atoms with Crippen molar-refractivity contribution in [3.05, 3.63) is 45.6 Å². The summed E-state index contributed by atoms with van der Waals surface area (Å²) >= 11 is 0. The van der Waals surface area contributed by atoms with Crippen LogP contribution in [-0.4, -0.2) is 25.8 Å². The standard InChI is InChI=1S/C20H25N5O/c26-19-10-14-2-1-3-18(14)24-25(19)17-8-6-16(7-9-17)23-20-21-11-15(12-22-20)13-4-5-13/h10-13,16-17H,1-9H2,(H,21,22,23). The number of hydrogen-bond acceptors (Lipinski definition) is 5. The van der Waals surface area contributed by atoms with Crippen LogP contribution in [0.15, 0.2) is 23.3 Å². The summed E-state index contributed by atoms with van der Waals surface area (Å²) in [5.74, 6) is 1.42. The van der Waals surface area contributed by atoms with Crippen molar-refractivity contribution in [3.8, 4) is 0 Å². The zero-order valence-corrected chi connectivity index (χ0v) is 15.0. The minimum absolute atomic E-state index is 0.0704. The summed E-state index contributed by atoms with van der Waals surface area (Å²) in [7, 11) is 0. The van der Waals surface area contributed by atoms with Gasteiger partial charge in [0.15, 0.2) is 0 Å². The topological polar surface area (TPSA) is 72.7 Å². The van der Waals surface area contributed by atoms with E-state index >= 15 is 0 Å². The minimum Gasteiger partial charge on any atom is -0.351 e. The highest BCUT2D eigenvalue weighted by molar-refractivity contribution is 5.29. The maximum atomic E-state index is 12.4. The summed E-state index contributed by atoms with van der Waals surface area (Å²) in [6.07, 6.45) is 13.6. The normalized spacial score (nSPS) is 25.1. The summed E-state index contributed by atoms with van der Waals surface area (Å²) < 4.78 is 1.75. The zero-order chi connectivity index (χ0) is 17.5. The molecule has 3 aliphatic carbocycles. The van der Waals surface area contributed by atoms with E-state index in [9.17, 15) is 4.79 Å². The molecule has 2 aromatic rings. The van der Waals surface area contributed by atoms with Crippen LogP contribution in [-0.2, 0) is 12.8 Å². The van der Waals surface area contributed by atoms with Gasteiger partial charge in [-0.05, 0) is 74.8 Å². The summed E-state index contributed by atoms with van der Waals surface area (Å²) in [4.78, 5) is 21.4. The fourth-order valence-electron chi connectivity index (χ4n) is 4.36. The molecule has 0 saturated heterocycles. The first-order valence-corrected chi connectivity index (χ1v) is 9.96. The molecular formula is C20H25N5O. The molecular weight excluding hydrogens is 326 g/mol. The Kier molecular flexibility index (Phi) is 3.98. The van der Waals surface area contributed by atoms with E-state index in [1.165, 1.54) is 18.4 Å². The van der Waals surface area contributed by atoms with Gasteiger partial charge in [-0.15, -0.1) is 0 Å².